The lowest BCUT2D eigenvalue weighted by Gasteiger charge is -1.93. The van der Waals surface area contributed by atoms with Crippen molar-refractivity contribution in [1.29, 1.82) is 0 Å². The Labute approximate surface area is 127 Å². The van der Waals surface area contributed by atoms with Crippen molar-refractivity contribution < 1.29 is 38.9 Å². The fourth-order valence-electron chi connectivity index (χ4n) is 0.757. The largest absolute Gasteiger partial charge is 0.502 e. The predicted molar refractivity (Wildman–Crippen MR) is 75.7 cm³/mol. The number of rotatable bonds is 8. The van der Waals surface area contributed by atoms with Crippen LogP contribution in [-0.2, 0) is 28.7 Å². The molecule has 0 aliphatic rings. The fraction of sp³-hybridized carbons (Fsp3) is 0.286. The summed E-state index contributed by atoms with van der Waals surface area (Å²) in [5, 5.41) is 16.2. The lowest BCUT2D eigenvalue weighted by Crippen LogP contribution is -2.08. The molecule has 0 atom stereocenters. The minimum atomic E-state index is -1.37. The maximum absolute atomic E-state index is 10.6. The lowest BCUT2D eigenvalue weighted by atomic mass is 10.4. The first kappa shape index (κ1) is 21.4. The Balaban J connectivity index is 0. The number of hydrogen-bond acceptors (Lipinski definition) is 6. The number of hydrogen-bond donors (Lipinski definition) is 2. The maximum atomic E-state index is 10.6. The van der Waals surface area contributed by atoms with Crippen LogP contribution in [-0.4, -0.2) is 40.7 Å². The third kappa shape index (κ3) is 19.4. The minimum absolute atomic E-state index is 0.483. The molecule has 2 N–H and O–H groups in total. The van der Waals surface area contributed by atoms with Gasteiger partial charge in [0.05, 0.1) is 12.9 Å². The van der Waals surface area contributed by atoms with Gasteiger partial charge in [-0.3, -0.25) is 0 Å². The summed E-state index contributed by atoms with van der Waals surface area (Å²) in [5.41, 5.74) is 0. The highest BCUT2D eigenvalue weighted by Gasteiger charge is 2.04. The molecule has 0 saturated carbocycles. The zero-order valence-electron chi connectivity index (χ0n) is 12.1. The molecule has 0 amide bonds. The monoisotopic (exact) mass is 314 g/mol. The summed E-state index contributed by atoms with van der Waals surface area (Å²) < 4.78 is 8.81. The van der Waals surface area contributed by atoms with E-state index in [0.29, 0.717) is 24.3 Å². The molecular weight excluding hydrogens is 296 g/mol. The summed E-state index contributed by atoms with van der Waals surface area (Å²) in [5.74, 6) is -5.14. The highest BCUT2D eigenvalue weighted by atomic mass is 16.6. The van der Waals surface area contributed by atoms with Crippen molar-refractivity contribution in [3.8, 4) is 0 Å². The number of esters is 2. The normalized spacial score (nSPS) is 9.68. The van der Waals surface area contributed by atoms with Gasteiger partial charge in [-0.15, -0.1) is 0 Å². The molecule has 0 aromatic rings. The average molecular weight is 314 g/mol. The summed E-state index contributed by atoms with van der Waals surface area (Å²) in [4.78, 5) is 41.1. The van der Waals surface area contributed by atoms with Gasteiger partial charge in [-0.2, -0.15) is 0 Å². The molecule has 122 valence electrons. The van der Waals surface area contributed by atoms with Crippen LogP contribution in [0.5, 0.6) is 0 Å². The van der Waals surface area contributed by atoms with E-state index in [2.05, 4.69) is 18.2 Å². The van der Waals surface area contributed by atoms with Crippen LogP contribution in [0.1, 0.15) is 19.8 Å². The van der Waals surface area contributed by atoms with Gasteiger partial charge in [0.2, 0.25) is 0 Å². The Bertz CT molecular complexity index is 414. The molecule has 0 bridgehead atoms. The first-order chi connectivity index (χ1) is 10.3. The molecule has 0 aliphatic carbocycles. The number of carboxylic acids is 2. The van der Waals surface area contributed by atoms with Crippen molar-refractivity contribution in [3.05, 3.63) is 37.1 Å². The number of carbonyl (C=O) groups excluding carboxylic acids is 2. The molecule has 0 saturated heterocycles. The molecule has 0 spiro atoms. The van der Waals surface area contributed by atoms with E-state index in [-0.39, 0.29) is 0 Å². The van der Waals surface area contributed by atoms with Crippen molar-refractivity contribution in [1.82, 2.24) is 0 Å². The van der Waals surface area contributed by atoms with Gasteiger partial charge in [0.15, 0.2) is 0 Å². The van der Waals surface area contributed by atoms with E-state index in [0.717, 1.165) is 13.0 Å². The van der Waals surface area contributed by atoms with Crippen LogP contribution in [0.2, 0.25) is 0 Å². The smallest absolute Gasteiger partial charge is 0.338 e. The van der Waals surface area contributed by atoms with Gasteiger partial charge in [0.25, 0.3) is 0 Å². The Hall–Kier alpha value is -2.90. The van der Waals surface area contributed by atoms with E-state index in [1.54, 1.807) is 0 Å². The quantitative estimate of drug-likeness (QED) is 0.225. The standard InChI is InChI=1S/C8H6O7.C6H12O/c9-5(10)1-3-7(13)15-8(14)4-2-6(11)12;1-3-5-6-7-4-2/h1-4H,(H,9,10)(H,11,12);4H,2-3,5-6H2,1H3/b3-1-,4-2-;. The van der Waals surface area contributed by atoms with E-state index in [1.165, 1.54) is 12.7 Å². The predicted octanol–water partition coefficient (Wildman–Crippen LogP) is 1.28. The lowest BCUT2D eigenvalue weighted by molar-refractivity contribution is -0.153. The summed E-state index contributed by atoms with van der Waals surface area (Å²) in [6.45, 7) is 6.36. The fourth-order valence-corrected chi connectivity index (χ4v) is 0.757. The van der Waals surface area contributed by atoms with E-state index < -0.39 is 23.9 Å². The zero-order chi connectivity index (χ0) is 17.4. The van der Waals surface area contributed by atoms with E-state index in [9.17, 15) is 19.2 Å². The van der Waals surface area contributed by atoms with Gasteiger partial charge >= 0.3 is 23.9 Å². The van der Waals surface area contributed by atoms with Crippen molar-refractivity contribution in [3.63, 3.8) is 0 Å². The summed E-state index contributed by atoms with van der Waals surface area (Å²) in [7, 11) is 0. The zero-order valence-corrected chi connectivity index (χ0v) is 12.1. The SMILES string of the molecule is C=COCCCC.O=C(O)/C=C\C(=O)OC(=O)/C=C\C(=O)O. The van der Waals surface area contributed by atoms with Crippen molar-refractivity contribution in [2.24, 2.45) is 0 Å². The highest BCUT2D eigenvalue weighted by Crippen LogP contribution is 1.87. The van der Waals surface area contributed by atoms with Crippen LogP contribution >= 0.6 is 0 Å². The van der Waals surface area contributed by atoms with Crippen molar-refractivity contribution in [2.45, 2.75) is 19.8 Å². The molecule has 0 fully saturated rings. The molecule has 0 rings (SSSR count). The first-order valence-electron chi connectivity index (χ1n) is 6.13. The summed E-state index contributed by atoms with van der Waals surface area (Å²) in [6, 6.07) is 0. The molecule has 0 aromatic carbocycles. The molecule has 8 nitrogen and oxygen atoms in total. The number of carboxylic acid groups (broad SMARTS) is 2. The molecule has 8 heteroatoms. The van der Waals surface area contributed by atoms with Crippen LogP contribution in [0.25, 0.3) is 0 Å². The molecule has 0 heterocycles. The number of unbranched alkanes of at least 4 members (excludes halogenated alkanes) is 1. The number of carbonyl (C=O) groups is 4. The molecule has 0 aromatic heterocycles. The molecule has 0 aliphatic heterocycles. The van der Waals surface area contributed by atoms with Crippen LogP contribution in [0.4, 0.5) is 0 Å². The number of aliphatic carboxylic acids is 2. The Morgan fingerprint density at radius 3 is 1.73 bits per heavy atom. The maximum Gasteiger partial charge on any atom is 0.338 e. The third-order valence-corrected chi connectivity index (χ3v) is 1.66. The second kappa shape index (κ2) is 14.5. The summed E-state index contributed by atoms with van der Waals surface area (Å²) in [6.07, 6.45) is 5.81. The van der Waals surface area contributed by atoms with E-state index in [1.807, 2.05) is 0 Å². The Morgan fingerprint density at radius 1 is 0.955 bits per heavy atom. The van der Waals surface area contributed by atoms with Gasteiger partial charge in [-0.25, -0.2) is 19.2 Å². The molecule has 0 radical (unpaired) electrons. The minimum Gasteiger partial charge on any atom is -0.502 e. The second-order valence-electron chi connectivity index (χ2n) is 3.47. The average Bonchev–Trinajstić information content (AvgIpc) is 2.44. The van der Waals surface area contributed by atoms with Gasteiger partial charge in [-0.1, -0.05) is 19.9 Å². The Kier molecular flexibility index (Phi) is 14.1. The third-order valence-electron chi connectivity index (χ3n) is 1.66. The van der Waals surface area contributed by atoms with E-state index in [4.69, 9.17) is 14.9 Å². The Morgan fingerprint density at radius 2 is 1.41 bits per heavy atom. The topological polar surface area (TPSA) is 127 Å². The summed E-state index contributed by atoms with van der Waals surface area (Å²) >= 11 is 0. The van der Waals surface area contributed by atoms with Crippen molar-refractivity contribution in [2.75, 3.05) is 6.61 Å². The van der Waals surface area contributed by atoms with Gasteiger partial charge in [0, 0.05) is 24.3 Å². The van der Waals surface area contributed by atoms with Gasteiger partial charge in [0.1, 0.15) is 0 Å². The van der Waals surface area contributed by atoms with Crippen molar-refractivity contribution >= 4 is 23.9 Å². The highest BCUT2D eigenvalue weighted by molar-refractivity contribution is 6.00. The van der Waals surface area contributed by atoms with Gasteiger partial charge < -0.3 is 19.7 Å². The molecule has 22 heavy (non-hydrogen) atoms. The molecular formula is C14H18O8. The van der Waals surface area contributed by atoms with Crippen LogP contribution in [0, 0.1) is 0 Å². The molecule has 0 unspecified atom stereocenters. The second-order valence-corrected chi connectivity index (χ2v) is 3.47. The van der Waals surface area contributed by atoms with Crippen LogP contribution in [0.15, 0.2) is 37.1 Å². The van der Waals surface area contributed by atoms with E-state index >= 15 is 0 Å². The van der Waals surface area contributed by atoms with Crippen LogP contribution < -0.4 is 0 Å². The van der Waals surface area contributed by atoms with Crippen LogP contribution in [0.3, 0.4) is 0 Å². The first-order valence-corrected chi connectivity index (χ1v) is 6.13. The van der Waals surface area contributed by atoms with Gasteiger partial charge in [-0.05, 0) is 6.42 Å². The number of ether oxygens (including phenoxy) is 2.